The second-order valence-electron chi connectivity index (χ2n) is 5.54. The van der Waals surface area contributed by atoms with Gasteiger partial charge in [0.05, 0.1) is 16.1 Å². The summed E-state index contributed by atoms with van der Waals surface area (Å²) in [5.41, 5.74) is 0. The Kier molecular flexibility index (Phi) is 3.08. The number of hydrogen-bond donors (Lipinski definition) is 0. The largest absolute Gasteiger partial charge is 0.380 e. The molecule has 0 aromatic rings. The molecular formula is C12H22O3S. The molecule has 2 fully saturated rings. The van der Waals surface area contributed by atoms with Crippen LogP contribution in [0.5, 0.6) is 0 Å². The number of hydrogen-bond acceptors (Lipinski definition) is 3. The van der Waals surface area contributed by atoms with Crippen LogP contribution in [-0.4, -0.2) is 31.1 Å². The standard InChI is InChI=1S/C12H22O3S/c1-3-4-9-15-10-12(7-8-12)16(13,14)11(2)5-6-11/h3-10H2,1-2H3. The second kappa shape index (κ2) is 3.98. The number of rotatable bonds is 7. The maximum atomic E-state index is 12.4. The normalized spacial score (nSPS) is 25.4. The van der Waals surface area contributed by atoms with Gasteiger partial charge in [-0.3, -0.25) is 0 Å². The molecule has 0 amide bonds. The van der Waals surface area contributed by atoms with Gasteiger partial charge in [0.15, 0.2) is 9.84 Å². The average Bonchev–Trinajstić information content (AvgIpc) is 3.10. The van der Waals surface area contributed by atoms with Crippen molar-refractivity contribution < 1.29 is 13.2 Å². The Morgan fingerprint density at radius 2 is 1.81 bits per heavy atom. The smallest absolute Gasteiger partial charge is 0.163 e. The summed E-state index contributed by atoms with van der Waals surface area (Å²) in [4.78, 5) is 0. The molecule has 0 bridgehead atoms. The fourth-order valence-corrected chi connectivity index (χ4v) is 4.66. The van der Waals surface area contributed by atoms with E-state index in [4.69, 9.17) is 4.74 Å². The fourth-order valence-electron chi connectivity index (χ4n) is 2.10. The van der Waals surface area contributed by atoms with E-state index in [1.54, 1.807) is 0 Å². The Morgan fingerprint density at radius 3 is 2.25 bits per heavy atom. The Morgan fingerprint density at radius 1 is 1.19 bits per heavy atom. The minimum absolute atomic E-state index is 0.419. The zero-order valence-electron chi connectivity index (χ0n) is 10.3. The maximum Gasteiger partial charge on any atom is 0.163 e. The lowest BCUT2D eigenvalue weighted by Crippen LogP contribution is -2.37. The Bertz CT molecular complexity index is 350. The summed E-state index contributed by atoms with van der Waals surface area (Å²) in [7, 11) is -2.97. The SMILES string of the molecule is CCCCOCC1(S(=O)(=O)C2(C)CC2)CC1. The van der Waals surface area contributed by atoms with E-state index >= 15 is 0 Å². The molecule has 3 nitrogen and oxygen atoms in total. The van der Waals surface area contributed by atoms with Crippen LogP contribution in [0.3, 0.4) is 0 Å². The number of unbranched alkanes of at least 4 members (excludes halogenated alkanes) is 1. The van der Waals surface area contributed by atoms with Crippen LogP contribution in [-0.2, 0) is 14.6 Å². The van der Waals surface area contributed by atoms with Crippen LogP contribution in [0.15, 0.2) is 0 Å². The summed E-state index contributed by atoms with van der Waals surface area (Å²) in [6, 6.07) is 0. The zero-order valence-corrected chi connectivity index (χ0v) is 11.1. The molecule has 2 aliphatic carbocycles. The molecule has 0 heterocycles. The van der Waals surface area contributed by atoms with Crippen molar-refractivity contribution in [1.29, 1.82) is 0 Å². The maximum absolute atomic E-state index is 12.4. The van der Waals surface area contributed by atoms with Crippen molar-refractivity contribution in [2.45, 2.75) is 61.9 Å². The molecule has 0 atom stereocenters. The van der Waals surface area contributed by atoms with E-state index in [-0.39, 0.29) is 0 Å². The molecule has 2 aliphatic rings. The average molecular weight is 246 g/mol. The summed E-state index contributed by atoms with van der Waals surface area (Å²) in [6.45, 7) is 5.11. The fraction of sp³-hybridized carbons (Fsp3) is 1.00. The summed E-state index contributed by atoms with van der Waals surface area (Å²) in [5, 5.41) is 0. The molecular weight excluding hydrogens is 224 g/mol. The monoisotopic (exact) mass is 246 g/mol. The van der Waals surface area contributed by atoms with Gasteiger partial charge >= 0.3 is 0 Å². The molecule has 2 saturated carbocycles. The summed E-state index contributed by atoms with van der Waals surface area (Å²) >= 11 is 0. The highest BCUT2D eigenvalue weighted by atomic mass is 32.2. The van der Waals surface area contributed by atoms with Gasteiger partial charge in [-0.15, -0.1) is 0 Å². The van der Waals surface area contributed by atoms with Crippen molar-refractivity contribution in [3.63, 3.8) is 0 Å². The molecule has 0 aromatic carbocycles. The van der Waals surface area contributed by atoms with Crippen molar-refractivity contribution in [3.8, 4) is 0 Å². The number of ether oxygens (including phenoxy) is 1. The predicted molar refractivity (Wildman–Crippen MR) is 64.3 cm³/mol. The quantitative estimate of drug-likeness (QED) is 0.647. The van der Waals surface area contributed by atoms with E-state index in [9.17, 15) is 8.42 Å². The van der Waals surface area contributed by atoms with Crippen LogP contribution >= 0.6 is 0 Å². The van der Waals surface area contributed by atoms with Gasteiger partial charge in [-0.2, -0.15) is 0 Å². The van der Waals surface area contributed by atoms with Crippen molar-refractivity contribution >= 4 is 9.84 Å². The van der Waals surface area contributed by atoms with Gasteiger partial charge in [-0.25, -0.2) is 8.42 Å². The molecule has 94 valence electrons. The minimum Gasteiger partial charge on any atom is -0.380 e. The summed E-state index contributed by atoms with van der Waals surface area (Å²) < 4.78 is 29.4. The van der Waals surface area contributed by atoms with Crippen molar-refractivity contribution in [2.75, 3.05) is 13.2 Å². The van der Waals surface area contributed by atoms with Gasteiger partial charge in [0.1, 0.15) is 0 Å². The first kappa shape index (κ1) is 12.4. The van der Waals surface area contributed by atoms with Gasteiger partial charge in [0, 0.05) is 6.61 Å². The Hall–Kier alpha value is -0.0900. The van der Waals surface area contributed by atoms with Gasteiger partial charge in [0.2, 0.25) is 0 Å². The van der Waals surface area contributed by atoms with Crippen molar-refractivity contribution in [3.05, 3.63) is 0 Å². The molecule has 0 saturated heterocycles. The van der Waals surface area contributed by atoms with Gasteiger partial charge < -0.3 is 4.74 Å². The number of sulfone groups is 1. The van der Waals surface area contributed by atoms with E-state index < -0.39 is 19.3 Å². The third-order valence-corrected chi connectivity index (χ3v) is 7.36. The lowest BCUT2D eigenvalue weighted by atomic mass is 10.3. The van der Waals surface area contributed by atoms with Crippen LogP contribution < -0.4 is 0 Å². The summed E-state index contributed by atoms with van der Waals surface area (Å²) in [6.07, 6.45) is 5.40. The molecule has 16 heavy (non-hydrogen) atoms. The molecule has 0 aromatic heterocycles. The molecule has 0 aliphatic heterocycles. The van der Waals surface area contributed by atoms with Crippen LogP contribution in [0.25, 0.3) is 0 Å². The lowest BCUT2D eigenvalue weighted by molar-refractivity contribution is 0.126. The third-order valence-electron chi connectivity index (χ3n) is 3.99. The van der Waals surface area contributed by atoms with Crippen molar-refractivity contribution in [2.24, 2.45) is 0 Å². The summed E-state index contributed by atoms with van der Waals surface area (Å²) in [5.74, 6) is 0. The highest BCUT2D eigenvalue weighted by Gasteiger charge is 2.65. The van der Waals surface area contributed by atoms with Crippen LogP contribution in [0.1, 0.15) is 52.4 Å². The van der Waals surface area contributed by atoms with E-state index in [0.717, 1.165) is 38.5 Å². The lowest BCUT2D eigenvalue weighted by Gasteiger charge is -2.20. The van der Waals surface area contributed by atoms with Crippen LogP contribution in [0.4, 0.5) is 0 Å². The first-order valence-electron chi connectivity index (χ1n) is 6.29. The minimum atomic E-state index is -2.97. The molecule has 0 spiro atoms. The van der Waals surface area contributed by atoms with E-state index in [1.807, 2.05) is 6.92 Å². The Labute approximate surface area is 98.5 Å². The first-order chi connectivity index (χ1) is 7.47. The van der Waals surface area contributed by atoms with Gasteiger partial charge in [-0.05, 0) is 39.0 Å². The van der Waals surface area contributed by atoms with E-state index in [1.165, 1.54) is 0 Å². The zero-order chi connectivity index (χ0) is 11.9. The van der Waals surface area contributed by atoms with Gasteiger partial charge in [0.25, 0.3) is 0 Å². The third kappa shape index (κ3) is 1.90. The van der Waals surface area contributed by atoms with Crippen LogP contribution in [0.2, 0.25) is 0 Å². The molecule has 2 rings (SSSR count). The Balaban J connectivity index is 1.93. The van der Waals surface area contributed by atoms with E-state index in [2.05, 4.69) is 6.92 Å². The molecule has 0 radical (unpaired) electrons. The molecule has 0 unspecified atom stereocenters. The van der Waals surface area contributed by atoms with Crippen molar-refractivity contribution in [1.82, 2.24) is 0 Å². The van der Waals surface area contributed by atoms with Gasteiger partial charge in [-0.1, -0.05) is 13.3 Å². The topological polar surface area (TPSA) is 43.4 Å². The molecule has 0 N–H and O–H groups in total. The van der Waals surface area contributed by atoms with Crippen LogP contribution in [0, 0.1) is 0 Å². The molecule has 4 heteroatoms. The second-order valence-corrected chi connectivity index (χ2v) is 8.40. The predicted octanol–water partition coefficient (Wildman–Crippen LogP) is 2.30. The first-order valence-corrected chi connectivity index (χ1v) is 7.78. The highest BCUT2D eigenvalue weighted by molar-refractivity contribution is 7.94. The highest BCUT2D eigenvalue weighted by Crippen LogP contribution is 2.56. The van der Waals surface area contributed by atoms with E-state index in [0.29, 0.717) is 13.2 Å².